The van der Waals surface area contributed by atoms with E-state index >= 15 is 0 Å². The molecule has 6 rings (SSSR count). The van der Waals surface area contributed by atoms with E-state index in [1.807, 2.05) is 0 Å². The average Bonchev–Trinajstić information content (AvgIpc) is 3.02. The van der Waals surface area contributed by atoms with Crippen molar-refractivity contribution in [1.82, 2.24) is 0 Å². The van der Waals surface area contributed by atoms with Gasteiger partial charge in [-0.15, -0.1) is 0 Å². The molecule has 4 aromatic carbocycles. The van der Waals surface area contributed by atoms with Gasteiger partial charge in [0.15, 0.2) is 0 Å². The number of nitrogens with zero attached hydrogens (tertiary/aromatic N) is 1. The van der Waals surface area contributed by atoms with E-state index in [1.54, 1.807) is 30.3 Å². The fourth-order valence-corrected chi connectivity index (χ4v) is 4.97. The van der Waals surface area contributed by atoms with Crippen LogP contribution in [0.2, 0.25) is 5.02 Å². The molecule has 2 unspecified atom stereocenters. The van der Waals surface area contributed by atoms with Crippen molar-refractivity contribution < 1.29 is 65.3 Å². The Hall–Kier alpha value is -5.77. The van der Waals surface area contributed by atoms with E-state index in [-0.39, 0.29) is 39.3 Å². The number of benzene rings is 4. The SMILES string of the molecule is O=C(O)C1=Cc2cc(Cl)c(Oc3ccc([N+](=O)[O-])cc3)cc2OC1C(F)(F)F.O=C(O)C1=Cc2cc3ccccc3cc2OC1C(F)(F)F. The van der Waals surface area contributed by atoms with Crippen LogP contribution in [0.4, 0.5) is 32.0 Å². The maximum Gasteiger partial charge on any atom is 0.430 e. The fourth-order valence-electron chi connectivity index (χ4n) is 4.76. The Morgan fingerprint density at radius 3 is 1.69 bits per heavy atom. The highest BCUT2D eigenvalue weighted by molar-refractivity contribution is 6.32. The number of ether oxygens (including phenoxy) is 3. The van der Waals surface area contributed by atoms with Gasteiger partial charge in [-0.2, -0.15) is 26.3 Å². The van der Waals surface area contributed by atoms with Crippen LogP contribution in [0, 0.1) is 10.1 Å². The second kappa shape index (κ2) is 13.0. The molecule has 0 fully saturated rings. The van der Waals surface area contributed by atoms with Crippen LogP contribution in [-0.2, 0) is 9.59 Å². The molecule has 0 amide bonds. The fraction of sp³-hybridized carbons (Fsp3) is 0.125. The molecule has 2 N–H and O–H groups in total. The molecule has 17 heteroatoms. The van der Waals surface area contributed by atoms with Gasteiger partial charge < -0.3 is 24.4 Å². The van der Waals surface area contributed by atoms with Gasteiger partial charge in [0.05, 0.1) is 21.1 Å². The van der Waals surface area contributed by atoms with Crippen LogP contribution in [0.3, 0.4) is 0 Å². The second-order valence-corrected chi connectivity index (χ2v) is 10.7. The number of aliphatic carboxylic acids is 2. The Labute approximate surface area is 275 Å². The van der Waals surface area contributed by atoms with Gasteiger partial charge in [0, 0.05) is 29.3 Å². The molecule has 0 aliphatic carbocycles. The summed E-state index contributed by atoms with van der Waals surface area (Å²) in [5.74, 6) is -3.57. The largest absolute Gasteiger partial charge is 0.478 e. The Morgan fingerprint density at radius 2 is 1.22 bits per heavy atom. The molecule has 0 aromatic heterocycles. The minimum absolute atomic E-state index is 0.0212. The van der Waals surface area contributed by atoms with E-state index in [9.17, 15) is 46.0 Å². The molecule has 0 bridgehead atoms. The van der Waals surface area contributed by atoms with Gasteiger partial charge in [0.1, 0.15) is 23.0 Å². The van der Waals surface area contributed by atoms with E-state index < -0.39 is 52.6 Å². The predicted octanol–water partition coefficient (Wildman–Crippen LogP) is 8.46. The topological polar surface area (TPSA) is 145 Å². The van der Waals surface area contributed by atoms with Gasteiger partial charge >= 0.3 is 24.3 Å². The van der Waals surface area contributed by atoms with Crippen LogP contribution in [0.1, 0.15) is 11.1 Å². The number of alkyl halides is 6. The summed E-state index contributed by atoms with van der Waals surface area (Å²) in [5.41, 5.74) is -1.59. The predicted molar refractivity (Wildman–Crippen MR) is 161 cm³/mol. The van der Waals surface area contributed by atoms with Gasteiger partial charge in [-0.1, -0.05) is 35.9 Å². The van der Waals surface area contributed by atoms with Crippen LogP contribution in [0.25, 0.3) is 22.9 Å². The maximum atomic E-state index is 13.1. The summed E-state index contributed by atoms with van der Waals surface area (Å²) in [7, 11) is 0. The highest BCUT2D eigenvalue weighted by atomic mass is 35.5. The molecular weight excluding hydrogens is 692 g/mol. The Bertz CT molecular complexity index is 2040. The van der Waals surface area contributed by atoms with Crippen LogP contribution < -0.4 is 14.2 Å². The first kappa shape index (κ1) is 34.6. The number of carboxylic acid groups (broad SMARTS) is 2. The lowest BCUT2D eigenvalue weighted by molar-refractivity contribution is -0.384. The zero-order chi connectivity index (χ0) is 35.8. The highest BCUT2D eigenvalue weighted by Crippen LogP contribution is 2.43. The third kappa shape index (κ3) is 7.54. The number of hydrogen-bond donors (Lipinski definition) is 2. The van der Waals surface area contributed by atoms with Crippen LogP contribution >= 0.6 is 11.6 Å². The average molecular weight is 710 g/mol. The summed E-state index contributed by atoms with van der Waals surface area (Å²) in [6, 6.07) is 17.4. The first-order chi connectivity index (χ1) is 22.9. The molecule has 0 spiro atoms. The van der Waals surface area contributed by atoms with Crippen LogP contribution in [0.5, 0.6) is 23.0 Å². The van der Waals surface area contributed by atoms with Gasteiger partial charge in [-0.05, 0) is 53.3 Å². The first-order valence-corrected chi connectivity index (χ1v) is 14.0. The molecule has 10 nitrogen and oxygen atoms in total. The zero-order valence-electron chi connectivity index (χ0n) is 24.1. The standard InChI is InChI=1S/C17H9ClF3NO6.C15H9F3O3/c18-12-6-8-5-11(16(23)24)15(17(19,20)21)28-13(8)7-14(12)27-10-3-1-9(2-4-10)22(25)26;16-15(17,18)13-11(14(19)20)6-10-5-8-3-1-2-4-9(8)7-12(10)21-13/h1-7,15H,(H,23,24);1-7,13H,(H,19,20). The van der Waals surface area contributed by atoms with Crippen molar-refractivity contribution in [2.24, 2.45) is 0 Å². The van der Waals surface area contributed by atoms with E-state index in [2.05, 4.69) is 0 Å². The summed E-state index contributed by atoms with van der Waals surface area (Å²) in [6.07, 6.45) is -13.0. The van der Waals surface area contributed by atoms with Crippen molar-refractivity contribution in [1.29, 1.82) is 0 Å². The van der Waals surface area contributed by atoms with Crippen molar-refractivity contribution in [2.75, 3.05) is 0 Å². The smallest absolute Gasteiger partial charge is 0.430 e. The Morgan fingerprint density at radius 1 is 0.755 bits per heavy atom. The number of carbonyl (C=O) groups is 2. The molecule has 254 valence electrons. The van der Waals surface area contributed by atoms with Crippen molar-refractivity contribution in [3.05, 3.63) is 110 Å². The van der Waals surface area contributed by atoms with Crippen LogP contribution in [-0.4, -0.2) is 51.6 Å². The number of halogens is 7. The lowest BCUT2D eigenvalue weighted by Gasteiger charge is -2.27. The van der Waals surface area contributed by atoms with E-state index in [0.717, 1.165) is 29.0 Å². The zero-order valence-corrected chi connectivity index (χ0v) is 24.8. The number of non-ortho nitro benzene ring substituents is 1. The van der Waals surface area contributed by atoms with E-state index in [0.29, 0.717) is 5.56 Å². The molecule has 4 aromatic rings. The maximum absolute atomic E-state index is 13.1. The molecule has 2 aliphatic rings. The van der Waals surface area contributed by atoms with E-state index in [4.69, 9.17) is 36.0 Å². The van der Waals surface area contributed by atoms with Gasteiger partial charge in [-0.3, -0.25) is 10.1 Å². The van der Waals surface area contributed by atoms with Crippen molar-refractivity contribution >= 4 is 52.2 Å². The monoisotopic (exact) mass is 709 g/mol. The van der Waals surface area contributed by atoms with Crippen molar-refractivity contribution in [3.63, 3.8) is 0 Å². The lowest BCUT2D eigenvalue weighted by atomic mass is 9.98. The lowest BCUT2D eigenvalue weighted by Crippen LogP contribution is -2.40. The van der Waals surface area contributed by atoms with Gasteiger partial charge in [0.2, 0.25) is 12.2 Å². The summed E-state index contributed by atoms with van der Waals surface area (Å²) in [5, 5.41) is 30.1. The normalized spacial score (nSPS) is 16.7. The minimum Gasteiger partial charge on any atom is -0.478 e. The van der Waals surface area contributed by atoms with Gasteiger partial charge in [-0.25, -0.2) is 9.59 Å². The first-order valence-electron chi connectivity index (χ1n) is 13.6. The van der Waals surface area contributed by atoms with Crippen molar-refractivity contribution in [2.45, 2.75) is 24.6 Å². The molecule has 2 aliphatic heterocycles. The third-order valence-corrected chi connectivity index (χ3v) is 7.28. The number of nitro benzene ring substituents is 1. The summed E-state index contributed by atoms with van der Waals surface area (Å²) >= 11 is 6.06. The van der Waals surface area contributed by atoms with Crippen molar-refractivity contribution in [3.8, 4) is 23.0 Å². The Balaban J connectivity index is 0.000000199. The third-order valence-electron chi connectivity index (χ3n) is 6.98. The summed E-state index contributed by atoms with van der Waals surface area (Å²) < 4.78 is 93.4. The van der Waals surface area contributed by atoms with E-state index in [1.165, 1.54) is 36.4 Å². The molecule has 0 saturated heterocycles. The second-order valence-electron chi connectivity index (χ2n) is 10.3. The molecular formula is C32H18ClF6NO9. The summed E-state index contributed by atoms with van der Waals surface area (Å²) in [4.78, 5) is 32.2. The number of hydrogen-bond acceptors (Lipinski definition) is 7. The molecule has 2 atom stereocenters. The summed E-state index contributed by atoms with van der Waals surface area (Å²) in [6.45, 7) is 0. The molecule has 2 heterocycles. The number of carboxylic acids is 2. The number of rotatable bonds is 5. The highest BCUT2D eigenvalue weighted by Gasteiger charge is 2.49. The molecule has 0 radical (unpaired) electrons. The molecule has 49 heavy (non-hydrogen) atoms. The number of nitro groups is 1. The molecule has 0 saturated carbocycles. The minimum atomic E-state index is -4.94. The quantitative estimate of drug-likeness (QED) is 0.118. The van der Waals surface area contributed by atoms with Crippen LogP contribution in [0.15, 0.2) is 83.9 Å². The van der Waals surface area contributed by atoms with Gasteiger partial charge in [0.25, 0.3) is 5.69 Å². The Kier molecular flexibility index (Phi) is 9.19. The number of fused-ring (bicyclic) bond motifs is 3.